The summed E-state index contributed by atoms with van der Waals surface area (Å²) >= 11 is 0. The van der Waals surface area contributed by atoms with Crippen LogP contribution >= 0.6 is 0 Å². The van der Waals surface area contributed by atoms with Crippen LogP contribution in [0.25, 0.3) is 0 Å². The van der Waals surface area contributed by atoms with Gasteiger partial charge in [0.15, 0.2) is 29.6 Å². The molecule has 0 bridgehead atoms. The van der Waals surface area contributed by atoms with E-state index >= 15 is 0 Å². The smallest absolute Gasteiger partial charge is 0.262 e. The number of ether oxygens (including phenoxy) is 1. The van der Waals surface area contributed by atoms with Gasteiger partial charge in [-0.25, -0.2) is 0 Å². The van der Waals surface area contributed by atoms with Crippen molar-refractivity contribution in [3.05, 3.63) is 36.4 Å². The zero-order valence-electron chi connectivity index (χ0n) is 10.8. The third kappa shape index (κ3) is 3.69. The molecule has 0 unspecified atom stereocenters. The second kappa shape index (κ2) is 5.91. The van der Waals surface area contributed by atoms with Crippen LogP contribution < -0.4 is 10.1 Å². The predicted molar refractivity (Wildman–Crippen MR) is 73.7 cm³/mol. The Hall–Kier alpha value is -3.09. The molecule has 5 N–H and O–H groups in total. The molecule has 7 heteroatoms. The Kier molecular flexibility index (Phi) is 4.03. The van der Waals surface area contributed by atoms with Crippen molar-refractivity contribution in [2.75, 3.05) is 11.9 Å². The highest BCUT2D eigenvalue weighted by Gasteiger charge is 2.07. The highest BCUT2D eigenvalue weighted by Crippen LogP contribution is 2.29. The average molecular weight is 291 g/mol. The molecule has 2 aromatic rings. The summed E-state index contributed by atoms with van der Waals surface area (Å²) in [4.78, 5) is 11.6. The van der Waals surface area contributed by atoms with Gasteiger partial charge in [-0.1, -0.05) is 0 Å². The summed E-state index contributed by atoms with van der Waals surface area (Å²) in [7, 11) is 0. The summed E-state index contributed by atoms with van der Waals surface area (Å²) in [5, 5.41) is 39.3. The molecule has 0 aliphatic rings. The van der Waals surface area contributed by atoms with E-state index in [0.717, 1.165) is 0 Å². The van der Waals surface area contributed by atoms with Crippen LogP contribution in [0.2, 0.25) is 0 Å². The molecule has 2 rings (SSSR count). The maximum Gasteiger partial charge on any atom is 0.262 e. The maximum atomic E-state index is 11.6. The number of phenolic OH excluding ortho intramolecular Hbond substituents is 4. The lowest BCUT2D eigenvalue weighted by molar-refractivity contribution is -0.118. The molecule has 0 saturated heterocycles. The number of benzene rings is 2. The second-order valence-electron chi connectivity index (χ2n) is 4.19. The minimum atomic E-state index is -0.493. The molecule has 0 heterocycles. The lowest BCUT2D eigenvalue weighted by Gasteiger charge is -2.09. The van der Waals surface area contributed by atoms with Crippen LogP contribution in [0.15, 0.2) is 36.4 Å². The first-order valence-corrected chi connectivity index (χ1v) is 5.92. The van der Waals surface area contributed by atoms with E-state index in [9.17, 15) is 15.0 Å². The van der Waals surface area contributed by atoms with E-state index in [0.29, 0.717) is 5.69 Å². The third-order valence-electron chi connectivity index (χ3n) is 2.58. The predicted octanol–water partition coefficient (Wildman–Crippen LogP) is 1.53. The first-order valence-electron chi connectivity index (χ1n) is 5.92. The molecule has 0 aromatic heterocycles. The third-order valence-corrected chi connectivity index (χ3v) is 2.58. The number of carbonyl (C=O) groups is 1. The highest BCUT2D eigenvalue weighted by molar-refractivity contribution is 5.92. The zero-order valence-corrected chi connectivity index (χ0v) is 10.8. The fourth-order valence-electron chi connectivity index (χ4n) is 1.54. The highest BCUT2D eigenvalue weighted by atomic mass is 16.5. The van der Waals surface area contributed by atoms with Crippen molar-refractivity contribution < 1.29 is 30.0 Å². The first-order chi connectivity index (χ1) is 9.95. The number of nitrogens with one attached hydrogen (secondary N) is 1. The number of hydrogen-bond donors (Lipinski definition) is 5. The molecule has 21 heavy (non-hydrogen) atoms. The van der Waals surface area contributed by atoms with Gasteiger partial charge in [-0.05, 0) is 24.3 Å². The summed E-state index contributed by atoms with van der Waals surface area (Å²) in [6.07, 6.45) is 0. The summed E-state index contributed by atoms with van der Waals surface area (Å²) in [6.45, 7) is -0.328. The van der Waals surface area contributed by atoms with Gasteiger partial charge in [-0.3, -0.25) is 4.79 Å². The minimum Gasteiger partial charge on any atom is -0.504 e. The molecular formula is C14H13NO6. The van der Waals surface area contributed by atoms with Crippen LogP contribution in [-0.2, 0) is 4.79 Å². The van der Waals surface area contributed by atoms with Crippen molar-refractivity contribution in [2.45, 2.75) is 0 Å². The van der Waals surface area contributed by atoms with Crippen LogP contribution in [0.5, 0.6) is 28.7 Å². The molecule has 0 fully saturated rings. The Labute approximate surface area is 119 Å². The van der Waals surface area contributed by atoms with Gasteiger partial charge in [0.05, 0.1) is 0 Å². The zero-order chi connectivity index (χ0) is 15.4. The van der Waals surface area contributed by atoms with Crippen molar-refractivity contribution in [1.82, 2.24) is 0 Å². The van der Waals surface area contributed by atoms with E-state index in [1.165, 1.54) is 36.4 Å². The van der Waals surface area contributed by atoms with Gasteiger partial charge < -0.3 is 30.5 Å². The second-order valence-corrected chi connectivity index (χ2v) is 4.19. The molecule has 0 atom stereocenters. The summed E-state index contributed by atoms with van der Waals surface area (Å²) < 4.78 is 5.13. The van der Waals surface area contributed by atoms with Crippen LogP contribution in [0.1, 0.15) is 0 Å². The molecule has 0 radical (unpaired) electrons. The van der Waals surface area contributed by atoms with Gasteiger partial charge in [0, 0.05) is 17.8 Å². The van der Waals surface area contributed by atoms with E-state index in [2.05, 4.69) is 5.32 Å². The summed E-state index contributed by atoms with van der Waals surface area (Å²) in [5.74, 6) is -1.55. The van der Waals surface area contributed by atoms with Crippen molar-refractivity contribution >= 4 is 11.6 Å². The Morgan fingerprint density at radius 2 is 1.52 bits per heavy atom. The van der Waals surface area contributed by atoms with Gasteiger partial charge in [0.25, 0.3) is 5.91 Å². The van der Waals surface area contributed by atoms with E-state index in [1.54, 1.807) is 0 Å². The standard InChI is InChI=1S/C14H13NO6/c16-10-3-1-8(5-12(10)18)15-14(20)7-21-9-2-4-11(17)13(19)6-9/h1-6,16-19H,7H2,(H,15,20). The molecule has 0 aliphatic carbocycles. The normalized spacial score (nSPS) is 10.1. The first kappa shape index (κ1) is 14.3. The van der Waals surface area contributed by atoms with Crippen molar-refractivity contribution in [3.63, 3.8) is 0 Å². The number of phenols is 4. The van der Waals surface area contributed by atoms with Crippen LogP contribution in [0.3, 0.4) is 0 Å². The number of rotatable bonds is 4. The van der Waals surface area contributed by atoms with E-state index in [-0.39, 0.29) is 35.4 Å². The molecule has 0 aliphatic heterocycles. The van der Waals surface area contributed by atoms with E-state index in [1.807, 2.05) is 0 Å². The van der Waals surface area contributed by atoms with Crippen LogP contribution in [0, 0.1) is 0 Å². The number of hydrogen-bond acceptors (Lipinski definition) is 6. The van der Waals surface area contributed by atoms with Crippen LogP contribution in [0.4, 0.5) is 5.69 Å². The lowest BCUT2D eigenvalue weighted by Crippen LogP contribution is -2.20. The largest absolute Gasteiger partial charge is 0.504 e. The van der Waals surface area contributed by atoms with E-state index in [4.69, 9.17) is 14.9 Å². The number of amides is 1. The number of anilines is 1. The fraction of sp³-hybridized carbons (Fsp3) is 0.0714. The minimum absolute atomic E-state index is 0.217. The molecule has 0 spiro atoms. The Morgan fingerprint density at radius 1 is 0.905 bits per heavy atom. The van der Waals surface area contributed by atoms with Gasteiger partial charge in [-0.15, -0.1) is 0 Å². The molecule has 1 amide bonds. The summed E-state index contributed by atoms with van der Waals surface area (Å²) in [5.41, 5.74) is 0.299. The number of carbonyl (C=O) groups excluding carboxylic acids is 1. The molecule has 7 nitrogen and oxygen atoms in total. The molecule has 0 saturated carbocycles. The van der Waals surface area contributed by atoms with Gasteiger partial charge in [-0.2, -0.15) is 0 Å². The molecule has 110 valence electrons. The van der Waals surface area contributed by atoms with Crippen molar-refractivity contribution in [2.24, 2.45) is 0 Å². The Bertz CT molecular complexity index is 671. The average Bonchev–Trinajstić information content (AvgIpc) is 2.44. The van der Waals surface area contributed by atoms with Gasteiger partial charge in [0.2, 0.25) is 0 Å². The Balaban J connectivity index is 1.92. The van der Waals surface area contributed by atoms with Crippen LogP contribution in [-0.4, -0.2) is 32.9 Å². The monoisotopic (exact) mass is 291 g/mol. The topological polar surface area (TPSA) is 119 Å². The van der Waals surface area contributed by atoms with Crippen molar-refractivity contribution in [1.29, 1.82) is 0 Å². The van der Waals surface area contributed by atoms with Gasteiger partial charge >= 0.3 is 0 Å². The molecular weight excluding hydrogens is 278 g/mol. The lowest BCUT2D eigenvalue weighted by atomic mass is 10.3. The quantitative estimate of drug-likeness (QED) is 0.430. The number of aromatic hydroxyl groups is 4. The summed E-state index contributed by atoms with van der Waals surface area (Å²) in [6, 6.07) is 7.66. The Morgan fingerprint density at radius 3 is 2.14 bits per heavy atom. The SMILES string of the molecule is O=C(COc1ccc(O)c(O)c1)Nc1ccc(O)c(O)c1. The van der Waals surface area contributed by atoms with Gasteiger partial charge in [0.1, 0.15) is 5.75 Å². The maximum absolute atomic E-state index is 11.6. The molecule has 2 aromatic carbocycles. The fourth-order valence-corrected chi connectivity index (χ4v) is 1.54. The van der Waals surface area contributed by atoms with Crippen molar-refractivity contribution in [3.8, 4) is 28.7 Å². The van der Waals surface area contributed by atoms with E-state index < -0.39 is 5.91 Å².